The molecule has 1 atom stereocenters. The molecule has 1 amide bonds. The molecule has 2 rings (SSSR count). The number of nitrogens with one attached hydrogen (secondary N) is 2. The van der Waals surface area contributed by atoms with E-state index in [0.29, 0.717) is 11.3 Å². The number of piperidine rings is 1. The van der Waals surface area contributed by atoms with Crippen LogP contribution in [0.5, 0.6) is 0 Å². The number of amides is 1. The molecule has 2 N–H and O–H groups in total. The monoisotopic (exact) mass is 289 g/mol. The van der Waals surface area contributed by atoms with E-state index in [2.05, 4.69) is 12.2 Å². The molecule has 4 heteroatoms. The van der Waals surface area contributed by atoms with E-state index in [0.717, 1.165) is 19.0 Å². The molecule has 0 bridgehead atoms. The predicted molar refractivity (Wildman–Crippen MR) is 83.6 cm³/mol. The molecule has 21 heavy (non-hydrogen) atoms. The topological polar surface area (TPSA) is 50.6 Å². The summed E-state index contributed by atoms with van der Waals surface area (Å²) in [5.74, 6) is 0.730. The third-order valence-electron chi connectivity index (χ3n) is 4.49. The van der Waals surface area contributed by atoms with Crippen LogP contribution < -0.4 is 10.2 Å². The lowest BCUT2D eigenvalue weighted by molar-refractivity contribution is -0.919. The third kappa shape index (κ3) is 3.91. The lowest BCUT2D eigenvalue weighted by Gasteiger charge is -2.31. The molecule has 0 saturated carbocycles. The average Bonchev–Trinajstić information content (AvgIpc) is 2.47. The number of hydrogen-bond acceptors (Lipinski definition) is 2. The molecule has 1 saturated heterocycles. The number of Topliss-reactive ketones (excluding diaryl/α,β-unsaturated/α-hetero) is 1. The molecule has 114 valence electrons. The predicted octanol–water partition coefficient (Wildman–Crippen LogP) is 1.53. The number of hydrogen-bond donors (Lipinski definition) is 2. The van der Waals surface area contributed by atoms with Gasteiger partial charge < -0.3 is 10.2 Å². The van der Waals surface area contributed by atoms with Crippen molar-refractivity contribution in [3.63, 3.8) is 0 Å². The van der Waals surface area contributed by atoms with Gasteiger partial charge in [-0.25, -0.2) is 0 Å². The minimum Gasteiger partial charge on any atom is -0.325 e. The van der Waals surface area contributed by atoms with E-state index in [1.165, 1.54) is 24.7 Å². The maximum atomic E-state index is 12.4. The summed E-state index contributed by atoms with van der Waals surface area (Å²) in [4.78, 5) is 25.4. The molecule has 0 radical (unpaired) electrons. The van der Waals surface area contributed by atoms with Crippen molar-refractivity contribution in [2.24, 2.45) is 5.92 Å². The van der Waals surface area contributed by atoms with Crippen LogP contribution in [0.2, 0.25) is 0 Å². The van der Waals surface area contributed by atoms with Crippen LogP contribution in [-0.2, 0) is 4.79 Å². The van der Waals surface area contributed by atoms with Crippen LogP contribution >= 0.6 is 0 Å². The second kappa shape index (κ2) is 6.85. The van der Waals surface area contributed by atoms with Crippen molar-refractivity contribution < 1.29 is 14.5 Å². The Hall–Kier alpha value is -1.68. The van der Waals surface area contributed by atoms with Gasteiger partial charge in [-0.3, -0.25) is 9.59 Å². The van der Waals surface area contributed by atoms with Crippen molar-refractivity contribution in [2.75, 3.05) is 18.4 Å². The van der Waals surface area contributed by atoms with E-state index in [1.807, 2.05) is 19.1 Å². The summed E-state index contributed by atoms with van der Waals surface area (Å²) in [6.45, 7) is 7.85. The number of anilines is 1. The Bertz CT molecular complexity index is 519. The number of benzene rings is 1. The average molecular weight is 289 g/mol. The maximum absolute atomic E-state index is 12.4. The van der Waals surface area contributed by atoms with Crippen LogP contribution in [0.3, 0.4) is 0 Å². The highest BCUT2D eigenvalue weighted by atomic mass is 16.2. The Balaban J connectivity index is 2.03. The van der Waals surface area contributed by atoms with Crippen LogP contribution in [-0.4, -0.2) is 30.8 Å². The quantitative estimate of drug-likeness (QED) is 0.826. The van der Waals surface area contributed by atoms with E-state index in [-0.39, 0.29) is 17.7 Å². The van der Waals surface area contributed by atoms with Gasteiger partial charge in [0.1, 0.15) is 0 Å². The summed E-state index contributed by atoms with van der Waals surface area (Å²) in [7, 11) is 0. The van der Waals surface area contributed by atoms with Crippen molar-refractivity contribution in [2.45, 2.75) is 39.7 Å². The molecule has 1 aliphatic heterocycles. The fourth-order valence-electron chi connectivity index (χ4n) is 2.89. The van der Waals surface area contributed by atoms with Crippen LogP contribution in [0.4, 0.5) is 5.69 Å². The minimum atomic E-state index is -0.0856. The molecular formula is C17H25N2O2+. The lowest BCUT2D eigenvalue weighted by Crippen LogP contribution is -3.17. The molecule has 0 aliphatic carbocycles. The smallest absolute Gasteiger partial charge is 0.282 e. The second-order valence-corrected chi connectivity index (χ2v) is 6.15. The largest absolute Gasteiger partial charge is 0.325 e. The number of rotatable bonds is 4. The Labute approximate surface area is 126 Å². The van der Waals surface area contributed by atoms with Crippen molar-refractivity contribution >= 4 is 17.4 Å². The number of carbonyl (C=O) groups excluding carboxylic acids is 2. The molecule has 1 fully saturated rings. The van der Waals surface area contributed by atoms with Crippen molar-refractivity contribution in [1.29, 1.82) is 0 Å². The minimum absolute atomic E-state index is 0.00625. The molecule has 1 aliphatic rings. The summed E-state index contributed by atoms with van der Waals surface area (Å²) in [6, 6.07) is 7.10. The first-order valence-electron chi connectivity index (χ1n) is 7.74. The van der Waals surface area contributed by atoms with Gasteiger partial charge in [0.15, 0.2) is 11.8 Å². The van der Waals surface area contributed by atoms with E-state index >= 15 is 0 Å². The standard InChI is InChI=1S/C17H24N2O2/c1-12-8-10-19(11-9-12)13(2)17(21)18-16-7-5-4-6-15(16)14(3)20/h4-7,12-13H,8-11H2,1-3H3,(H,18,21)/p+1/t13-/m1/s1. The Kier molecular flexibility index (Phi) is 5.12. The summed E-state index contributed by atoms with van der Waals surface area (Å²) in [5.41, 5.74) is 1.19. The molecule has 0 unspecified atom stereocenters. The van der Waals surface area contributed by atoms with Gasteiger partial charge in [-0.1, -0.05) is 19.1 Å². The van der Waals surface area contributed by atoms with Crippen molar-refractivity contribution in [3.05, 3.63) is 29.8 Å². The SMILES string of the molecule is CC(=O)c1ccccc1NC(=O)[C@@H](C)[NH+]1CCC(C)CC1. The number of ketones is 1. The number of likely N-dealkylation sites (tertiary alicyclic amines) is 1. The van der Waals surface area contributed by atoms with E-state index in [1.54, 1.807) is 12.1 Å². The lowest BCUT2D eigenvalue weighted by atomic mass is 9.98. The molecule has 4 nitrogen and oxygen atoms in total. The van der Waals surface area contributed by atoms with E-state index in [9.17, 15) is 9.59 Å². The zero-order valence-electron chi connectivity index (χ0n) is 13.1. The highest BCUT2D eigenvalue weighted by molar-refractivity contribution is 6.04. The second-order valence-electron chi connectivity index (χ2n) is 6.15. The van der Waals surface area contributed by atoms with Gasteiger partial charge in [0.25, 0.3) is 5.91 Å². The van der Waals surface area contributed by atoms with Gasteiger partial charge in [-0.05, 0) is 44.7 Å². The molecule has 1 aromatic carbocycles. The van der Waals surface area contributed by atoms with Gasteiger partial charge in [0.05, 0.1) is 18.8 Å². The van der Waals surface area contributed by atoms with Gasteiger partial charge in [-0.2, -0.15) is 0 Å². The third-order valence-corrected chi connectivity index (χ3v) is 4.49. The molecule has 0 spiro atoms. The van der Waals surface area contributed by atoms with Crippen LogP contribution in [0, 0.1) is 5.92 Å². The van der Waals surface area contributed by atoms with Crippen LogP contribution in [0.15, 0.2) is 24.3 Å². The van der Waals surface area contributed by atoms with Crippen molar-refractivity contribution in [3.8, 4) is 0 Å². The van der Waals surface area contributed by atoms with E-state index < -0.39 is 0 Å². The zero-order valence-corrected chi connectivity index (χ0v) is 13.1. The first kappa shape index (κ1) is 15.7. The summed E-state index contributed by atoms with van der Waals surface area (Å²) in [6.07, 6.45) is 2.36. The summed E-state index contributed by atoms with van der Waals surface area (Å²) < 4.78 is 0. The first-order chi connectivity index (χ1) is 9.99. The highest BCUT2D eigenvalue weighted by Gasteiger charge is 2.29. The van der Waals surface area contributed by atoms with Gasteiger partial charge >= 0.3 is 0 Å². The Morgan fingerprint density at radius 1 is 1.24 bits per heavy atom. The van der Waals surface area contributed by atoms with Crippen LogP contribution in [0.1, 0.15) is 44.0 Å². The maximum Gasteiger partial charge on any atom is 0.282 e. The fraction of sp³-hybridized carbons (Fsp3) is 0.529. The van der Waals surface area contributed by atoms with Crippen molar-refractivity contribution in [1.82, 2.24) is 0 Å². The normalized spacial score (nSPS) is 23.4. The molecule has 1 heterocycles. The van der Waals surface area contributed by atoms with Crippen LogP contribution in [0.25, 0.3) is 0 Å². The van der Waals surface area contributed by atoms with Gasteiger partial charge in [-0.15, -0.1) is 0 Å². The molecule has 1 aromatic rings. The summed E-state index contributed by atoms with van der Waals surface area (Å²) in [5, 5.41) is 2.92. The Morgan fingerprint density at radius 3 is 2.48 bits per heavy atom. The van der Waals surface area contributed by atoms with Gasteiger partial charge in [0.2, 0.25) is 0 Å². The number of para-hydroxylation sites is 1. The summed E-state index contributed by atoms with van der Waals surface area (Å²) >= 11 is 0. The fourth-order valence-corrected chi connectivity index (χ4v) is 2.89. The highest BCUT2D eigenvalue weighted by Crippen LogP contribution is 2.15. The molecule has 0 aromatic heterocycles. The molecular weight excluding hydrogens is 264 g/mol. The first-order valence-corrected chi connectivity index (χ1v) is 7.74. The number of carbonyl (C=O) groups is 2. The van der Waals surface area contributed by atoms with Gasteiger partial charge in [0, 0.05) is 5.56 Å². The zero-order chi connectivity index (χ0) is 15.4. The Morgan fingerprint density at radius 2 is 1.86 bits per heavy atom. The van der Waals surface area contributed by atoms with E-state index in [4.69, 9.17) is 0 Å². The number of quaternary nitrogens is 1.